The monoisotopic (exact) mass is 336 g/mol. The molecule has 1 aliphatic carbocycles. The molecule has 1 aliphatic heterocycles. The summed E-state index contributed by atoms with van der Waals surface area (Å²) < 4.78 is 5.22. The Kier molecular flexibility index (Phi) is 5.15. The summed E-state index contributed by atoms with van der Waals surface area (Å²) in [7, 11) is 0. The molecule has 1 saturated carbocycles. The Morgan fingerprint density at radius 1 is 1.38 bits per heavy atom. The van der Waals surface area contributed by atoms with Gasteiger partial charge in [-0.1, -0.05) is 5.16 Å². The Morgan fingerprint density at radius 3 is 2.79 bits per heavy atom. The van der Waals surface area contributed by atoms with Gasteiger partial charge in [-0.05, 0) is 19.8 Å². The fourth-order valence-corrected chi connectivity index (χ4v) is 2.95. The van der Waals surface area contributed by atoms with E-state index in [-0.39, 0.29) is 19.0 Å². The zero-order chi connectivity index (χ0) is 17.1. The Balaban J connectivity index is 1.60. The lowest BCUT2D eigenvalue weighted by atomic mass is 10.1. The first-order chi connectivity index (χ1) is 11.5. The minimum atomic E-state index is -0.872. The van der Waals surface area contributed by atoms with Crippen LogP contribution >= 0.6 is 0 Å². The van der Waals surface area contributed by atoms with Gasteiger partial charge >= 0.3 is 5.97 Å². The number of aromatic nitrogens is 1. The van der Waals surface area contributed by atoms with E-state index >= 15 is 0 Å². The second-order valence-corrected chi connectivity index (χ2v) is 6.70. The van der Waals surface area contributed by atoms with Gasteiger partial charge in [-0.25, -0.2) is 0 Å². The minimum absolute atomic E-state index is 0.0227. The lowest BCUT2D eigenvalue weighted by Crippen LogP contribution is -2.42. The molecule has 1 aromatic heterocycles. The van der Waals surface area contributed by atoms with Crippen LogP contribution in [0.25, 0.3) is 0 Å². The van der Waals surface area contributed by atoms with Gasteiger partial charge in [-0.15, -0.1) is 0 Å². The highest BCUT2D eigenvalue weighted by Crippen LogP contribution is 2.18. The predicted molar refractivity (Wildman–Crippen MR) is 85.2 cm³/mol. The van der Waals surface area contributed by atoms with Gasteiger partial charge in [0.15, 0.2) is 5.76 Å². The molecule has 0 radical (unpaired) electrons. The average molecular weight is 336 g/mol. The van der Waals surface area contributed by atoms with Crippen LogP contribution in [-0.2, 0) is 16.1 Å². The number of amides is 1. The van der Waals surface area contributed by atoms with E-state index in [1.807, 2.05) is 17.9 Å². The summed E-state index contributed by atoms with van der Waals surface area (Å²) in [5.74, 6) is -0.776. The number of carboxylic acid groups (broad SMARTS) is 1. The molecule has 1 atom stereocenters. The van der Waals surface area contributed by atoms with Crippen molar-refractivity contribution in [2.75, 3.05) is 32.7 Å². The molecule has 0 aromatic carbocycles. The van der Waals surface area contributed by atoms with Crippen LogP contribution in [0.5, 0.6) is 0 Å². The summed E-state index contributed by atoms with van der Waals surface area (Å²) in [5, 5.41) is 16.5. The first-order valence-corrected chi connectivity index (χ1v) is 8.40. The Morgan fingerprint density at radius 2 is 2.17 bits per heavy atom. The lowest BCUT2D eigenvalue weighted by Gasteiger charge is -2.22. The first-order valence-electron chi connectivity index (χ1n) is 8.40. The van der Waals surface area contributed by atoms with Crippen molar-refractivity contribution in [3.63, 3.8) is 0 Å². The molecule has 1 saturated heterocycles. The number of carbonyl (C=O) groups excluding carboxylic acids is 1. The predicted octanol–water partition coefficient (Wildman–Crippen LogP) is 0.0800. The second kappa shape index (κ2) is 7.31. The molecule has 132 valence electrons. The van der Waals surface area contributed by atoms with Gasteiger partial charge in [0.1, 0.15) is 0 Å². The normalized spacial score (nSPS) is 22.4. The molecule has 2 heterocycles. The van der Waals surface area contributed by atoms with E-state index in [1.165, 1.54) is 0 Å². The number of rotatable bonds is 6. The molecule has 8 nitrogen and oxygen atoms in total. The van der Waals surface area contributed by atoms with Crippen LogP contribution in [0.2, 0.25) is 0 Å². The second-order valence-electron chi connectivity index (χ2n) is 6.70. The van der Waals surface area contributed by atoms with Gasteiger partial charge in [0, 0.05) is 38.3 Å². The fraction of sp³-hybridized carbons (Fsp3) is 0.688. The van der Waals surface area contributed by atoms with Crippen molar-refractivity contribution >= 4 is 11.9 Å². The van der Waals surface area contributed by atoms with Crippen LogP contribution in [0.3, 0.4) is 0 Å². The van der Waals surface area contributed by atoms with E-state index in [1.54, 1.807) is 4.90 Å². The van der Waals surface area contributed by atoms with Crippen molar-refractivity contribution in [2.24, 2.45) is 5.92 Å². The molecule has 8 heteroatoms. The topological polar surface area (TPSA) is 98.9 Å². The van der Waals surface area contributed by atoms with Crippen molar-refractivity contribution in [1.82, 2.24) is 20.3 Å². The van der Waals surface area contributed by atoms with Crippen molar-refractivity contribution in [1.29, 1.82) is 0 Å². The highest BCUT2D eigenvalue weighted by Gasteiger charge is 2.31. The van der Waals surface area contributed by atoms with Crippen molar-refractivity contribution < 1.29 is 19.2 Å². The molecule has 1 amide bonds. The summed E-state index contributed by atoms with van der Waals surface area (Å²) in [5.41, 5.74) is 0.803. The van der Waals surface area contributed by atoms with Gasteiger partial charge in [0.25, 0.3) is 0 Å². The van der Waals surface area contributed by atoms with Crippen molar-refractivity contribution in [3.8, 4) is 0 Å². The van der Waals surface area contributed by atoms with Crippen molar-refractivity contribution in [3.05, 3.63) is 17.5 Å². The molecule has 3 rings (SSSR count). The molecular formula is C16H24N4O4. The minimum Gasteiger partial charge on any atom is -0.481 e. The maximum Gasteiger partial charge on any atom is 0.309 e. The summed E-state index contributed by atoms with van der Waals surface area (Å²) >= 11 is 0. The standard InChI is InChI=1S/C16H24N4O4/c1-11-6-14(24-18-11)10-19-4-5-20(9-12(8-19)16(22)23)15(21)7-17-13-2-3-13/h6,12-13,17H,2-5,7-10H2,1H3,(H,22,23). The molecule has 1 unspecified atom stereocenters. The largest absolute Gasteiger partial charge is 0.481 e. The maximum absolute atomic E-state index is 12.3. The van der Waals surface area contributed by atoms with Gasteiger partial charge in [0.05, 0.1) is 24.7 Å². The number of hydrogen-bond donors (Lipinski definition) is 2. The smallest absolute Gasteiger partial charge is 0.309 e. The number of aliphatic carboxylic acids is 1. The Labute approximate surface area is 140 Å². The molecule has 1 aromatic rings. The highest BCUT2D eigenvalue weighted by molar-refractivity contribution is 5.79. The Bertz CT molecular complexity index is 599. The molecule has 24 heavy (non-hydrogen) atoms. The maximum atomic E-state index is 12.3. The van der Waals surface area contributed by atoms with E-state index in [0.717, 1.165) is 18.5 Å². The fourth-order valence-electron chi connectivity index (χ4n) is 2.95. The summed E-state index contributed by atoms with van der Waals surface area (Å²) in [6.45, 7) is 4.45. The zero-order valence-corrected chi connectivity index (χ0v) is 13.9. The molecule has 0 spiro atoms. The van der Waals surface area contributed by atoms with Crippen LogP contribution in [0.4, 0.5) is 0 Å². The van der Waals surface area contributed by atoms with E-state index in [4.69, 9.17) is 4.52 Å². The third-order valence-corrected chi connectivity index (χ3v) is 4.48. The summed E-state index contributed by atoms with van der Waals surface area (Å²) in [6, 6.07) is 2.31. The third-order valence-electron chi connectivity index (χ3n) is 4.48. The lowest BCUT2D eigenvalue weighted by molar-refractivity contribution is -0.143. The molecule has 2 fully saturated rings. The van der Waals surface area contributed by atoms with E-state index in [0.29, 0.717) is 38.0 Å². The highest BCUT2D eigenvalue weighted by atomic mass is 16.5. The van der Waals surface area contributed by atoms with Gasteiger partial charge < -0.3 is 19.8 Å². The molecule has 2 N–H and O–H groups in total. The Hall–Kier alpha value is -1.93. The van der Waals surface area contributed by atoms with Crippen LogP contribution in [0.1, 0.15) is 24.3 Å². The zero-order valence-electron chi connectivity index (χ0n) is 13.9. The number of carbonyl (C=O) groups is 2. The average Bonchev–Trinajstić information content (AvgIpc) is 3.31. The third kappa shape index (κ3) is 4.55. The van der Waals surface area contributed by atoms with E-state index in [2.05, 4.69) is 10.5 Å². The van der Waals surface area contributed by atoms with Crippen molar-refractivity contribution in [2.45, 2.75) is 32.4 Å². The number of carboxylic acids is 1. The van der Waals surface area contributed by atoms with Gasteiger partial charge in [-0.2, -0.15) is 0 Å². The van der Waals surface area contributed by atoms with E-state index < -0.39 is 11.9 Å². The number of aryl methyl sites for hydroxylation is 1. The van der Waals surface area contributed by atoms with Crippen LogP contribution < -0.4 is 5.32 Å². The molecule has 0 bridgehead atoms. The number of nitrogens with one attached hydrogen (secondary N) is 1. The summed E-state index contributed by atoms with van der Waals surface area (Å²) in [4.78, 5) is 27.6. The van der Waals surface area contributed by atoms with Crippen LogP contribution in [-0.4, -0.2) is 70.7 Å². The first kappa shape index (κ1) is 16.9. The van der Waals surface area contributed by atoms with Crippen LogP contribution in [0.15, 0.2) is 10.6 Å². The van der Waals surface area contributed by atoms with Gasteiger partial charge in [-0.3, -0.25) is 14.5 Å². The molecule has 2 aliphatic rings. The summed E-state index contributed by atoms with van der Waals surface area (Å²) in [6.07, 6.45) is 2.24. The molecular weight excluding hydrogens is 312 g/mol. The SMILES string of the molecule is Cc1cc(CN2CCN(C(=O)CNC3CC3)CC(C(=O)O)C2)on1. The van der Waals surface area contributed by atoms with Gasteiger partial charge in [0.2, 0.25) is 5.91 Å². The number of hydrogen-bond acceptors (Lipinski definition) is 6. The quantitative estimate of drug-likeness (QED) is 0.759. The number of nitrogens with zero attached hydrogens (tertiary/aromatic N) is 3. The van der Waals surface area contributed by atoms with Crippen LogP contribution in [0, 0.1) is 12.8 Å². The van der Waals surface area contributed by atoms with E-state index in [9.17, 15) is 14.7 Å².